The molecule has 0 fully saturated rings. The van der Waals surface area contributed by atoms with E-state index in [2.05, 4.69) is 15.5 Å². The van der Waals surface area contributed by atoms with E-state index in [1.54, 1.807) is 18.2 Å². The molecular formula is C18H13ClN4O4. The summed E-state index contributed by atoms with van der Waals surface area (Å²) in [7, 11) is 0. The number of hydrogen-bond acceptors (Lipinski definition) is 6. The Kier molecular flexibility index (Phi) is 4.47. The third kappa shape index (κ3) is 3.61. The predicted octanol–water partition coefficient (Wildman–Crippen LogP) is 2.61. The fraction of sp³-hybridized carbons (Fsp3) is 0.111. The molecule has 1 N–H and O–H groups in total. The lowest BCUT2D eigenvalue weighted by Gasteiger charge is -2.01. The van der Waals surface area contributed by atoms with Gasteiger partial charge < -0.3 is 14.3 Å². The first kappa shape index (κ1) is 17.0. The lowest BCUT2D eigenvalue weighted by molar-refractivity contribution is 0.0907. The summed E-state index contributed by atoms with van der Waals surface area (Å²) in [5, 5.41) is 6.92. The number of carbonyl (C=O) groups is 1. The highest BCUT2D eigenvalue weighted by atomic mass is 35.5. The number of aromatic nitrogens is 3. The van der Waals surface area contributed by atoms with Crippen LogP contribution >= 0.6 is 11.6 Å². The second-order valence-corrected chi connectivity index (χ2v) is 6.19. The van der Waals surface area contributed by atoms with Crippen LogP contribution in [0.5, 0.6) is 0 Å². The summed E-state index contributed by atoms with van der Waals surface area (Å²) in [6.07, 6.45) is 0. The van der Waals surface area contributed by atoms with Crippen LogP contribution in [0.4, 0.5) is 0 Å². The molecule has 2 aromatic heterocycles. The van der Waals surface area contributed by atoms with E-state index in [4.69, 9.17) is 20.5 Å². The number of nitrogens with zero attached hydrogens (tertiary/aromatic N) is 3. The van der Waals surface area contributed by atoms with E-state index in [1.165, 1.54) is 4.57 Å². The smallest absolute Gasteiger partial charge is 0.408 e. The molecule has 0 aliphatic carbocycles. The van der Waals surface area contributed by atoms with Gasteiger partial charge in [-0.3, -0.25) is 9.36 Å². The van der Waals surface area contributed by atoms with E-state index in [9.17, 15) is 9.59 Å². The number of rotatable bonds is 5. The molecule has 0 aliphatic rings. The summed E-state index contributed by atoms with van der Waals surface area (Å²) >= 11 is 5.97. The Balaban J connectivity index is 1.50. The Morgan fingerprint density at radius 1 is 1.19 bits per heavy atom. The monoisotopic (exact) mass is 384 g/mol. The molecule has 4 rings (SSSR count). The second kappa shape index (κ2) is 7.08. The van der Waals surface area contributed by atoms with Gasteiger partial charge in [0.25, 0.3) is 0 Å². The Morgan fingerprint density at radius 2 is 2.00 bits per heavy atom. The van der Waals surface area contributed by atoms with E-state index >= 15 is 0 Å². The van der Waals surface area contributed by atoms with E-state index in [0.717, 1.165) is 5.56 Å². The van der Waals surface area contributed by atoms with Crippen molar-refractivity contribution in [3.05, 3.63) is 81.4 Å². The minimum absolute atomic E-state index is 0.0123. The van der Waals surface area contributed by atoms with Crippen LogP contribution in [-0.2, 0) is 13.1 Å². The second-order valence-electron chi connectivity index (χ2n) is 5.75. The summed E-state index contributed by atoms with van der Waals surface area (Å²) in [5.41, 5.74) is 1.85. The zero-order chi connectivity index (χ0) is 18.8. The zero-order valence-electron chi connectivity index (χ0n) is 13.9. The van der Waals surface area contributed by atoms with Gasteiger partial charge in [-0.15, -0.1) is 0 Å². The lowest BCUT2D eigenvalue weighted by atomic mass is 10.2. The van der Waals surface area contributed by atoms with Crippen molar-refractivity contribution in [2.24, 2.45) is 0 Å². The molecule has 2 heterocycles. The van der Waals surface area contributed by atoms with Crippen molar-refractivity contribution in [1.82, 2.24) is 20.0 Å². The molecule has 27 heavy (non-hydrogen) atoms. The molecule has 4 aromatic rings. The van der Waals surface area contributed by atoms with Gasteiger partial charge in [0.1, 0.15) is 0 Å². The summed E-state index contributed by atoms with van der Waals surface area (Å²) in [6.45, 7) is 0.323. The maximum atomic E-state index is 12.1. The summed E-state index contributed by atoms with van der Waals surface area (Å²) in [4.78, 5) is 28.2. The number of oxazole rings is 1. The standard InChI is InChI=1S/C18H13ClN4O4/c19-12-6-7-14-13(8-12)23(18(25)26-14)10-15-21-17(27-22-15)16(24)20-9-11-4-2-1-3-5-11/h1-8H,9-10H2,(H,20,24). The maximum Gasteiger partial charge on any atom is 0.420 e. The fourth-order valence-electron chi connectivity index (χ4n) is 2.59. The van der Waals surface area contributed by atoms with Crippen molar-refractivity contribution in [2.75, 3.05) is 0 Å². The maximum absolute atomic E-state index is 12.1. The Labute approximate surface area is 157 Å². The third-order valence-corrected chi connectivity index (χ3v) is 4.12. The Morgan fingerprint density at radius 3 is 2.81 bits per heavy atom. The van der Waals surface area contributed by atoms with Crippen LogP contribution in [0.2, 0.25) is 5.02 Å². The van der Waals surface area contributed by atoms with E-state index < -0.39 is 11.7 Å². The molecule has 9 heteroatoms. The minimum Gasteiger partial charge on any atom is -0.408 e. The van der Waals surface area contributed by atoms with Crippen LogP contribution in [-0.4, -0.2) is 20.6 Å². The van der Waals surface area contributed by atoms with Crippen molar-refractivity contribution in [3.63, 3.8) is 0 Å². The number of fused-ring (bicyclic) bond motifs is 1. The molecular weight excluding hydrogens is 372 g/mol. The molecule has 0 atom stereocenters. The van der Waals surface area contributed by atoms with E-state index in [-0.39, 0.29) is 18.3 Å². The number of halogens is 1. The fourth-order valence-corrected chi connectivity index (χ4v) is 2.76. The Hall–Kier alpha value is -3.39. The summed E-state index contributed by atoms with van der Waals surface area (Å²) < 4.78 is 11.5. The van der Waals surface area contributed by atoms with Gasteiger partial charge in [0.2, 0.25) is 0 Å². The molecule has 2 aromatic carbocycles. The van der Waals surface area contributed by atoms with Gasteiger partial charge in [-0.25, -0.2) is 4.79 Å². The number of nitrogens with one attached hydrogen (secondary N) is 1. The first-order chi connectivity index (χ1) is 13.1. The molecule has 0 radical (unpaired) electrons. The third-order valence-electron chi connectivity index (χ3n) is 3.89. The van der Waals surface area contributed by atoms with E-state index in [0.29, 0.717) is 22.7 Å². The average Bonchev–Trinajstić information content (AvgIpc) is 3.26. The van der Waals surface area contributed by atoms with Crippen molar-refractivity contribution >= 4 is 28.6 Å². The SMILES string of the molecule is O=C(NCc1ccccc1)c1nc(Cn2c(=O)oc3ccc(Cl)cc32)no1. The number of amides is 1. The molecule has 0 unspecified atom stereocenters. The summed E-state index contributed by atoms with van der Waals surface area (Å²) in [5.74, 6) is -1.08. The highest BCUT2D eigenvalue weighted by Gasteiger charge is 2.17. The van der Waals surface area contributed by atoms with Gasteiger partial charge in [-0.1, -0.05) is 47.1 Å². The van der Waals surface area contributed by atoms with Crippen LogP contribution < -0.4 is 11.1 Å². The predicted molar refractivity (Wildman–Crippen MR) is 96.5 cm³/mol. The van der Waals surface area contributed by atoms with Crippen molar-refractivity contribution in [3.8, 4) is 0 Å². The van der Waals surface area contributed by atoms with Crippen LogP contribution in [0.1, 0.15) is 22.1 Å². The molecule has 0 aliphatic heterocycles. The summed E-state index contributed by atoms with van der Waals surface area (Å²) in [6, 6.07) is 14.3. The van der Waals surface area contributed by atoms with Gasteiger partial charge in [0.05, 0.1) is 12.1 Å². The van der Waals surface area contributed by atoms with Gasteiger partial charge in [-0.05, 0) is 23.8 Å². The van der Waals surface area contributed by atoms with Crippen LogP contribution in [0.3, 0.4) is 0 Å². The van der Waals surface area contributed by atoms with Crippen LogP contribution in [0, 0.1) is 0 Å². The quantitative estimate of drug-likeness (QED) is 0.567. The molecule has 0 saturated carbocycles. The molecule has 0 bridgehead atoms. The van der Waals surface area contributed by atoms with Gasteiger partial charge in [-0.2, -0.15) is 4.98 Å². The lowest BCUT2D eigenvalue weighted by Crippen LogP contribution is -2.23. The molecule has 136 valence electrons. The molecule has 0 spiro atoms. The topological polar surface area (TPSA) is 103 Å². The molecule has 8 nitrogen and oxygen atoms in total. The highest BCUT2D eigenvalue weighted by Crippen LogP contribution is 2.19. The molecule has 1 amide bonds. The first-order valence-corrected chi connectivity index (χ1v) is 8.41. The molecule has 0 saturated heterocycles. The van der Waals surface area contributed by atoms with Crippen molar-refractivity contribution in [2.45, 2.75) is 13.1 Å². The number of carbonyl (C=O) groups excluding carboxylic acids is 1. The normalized spacial score (nSPS) is 11.0. The Bertz CT molecular complexity index is 1160. The van der Waals surface area contributed by atoms with E-state index in [1.807, 2.05) is 30.3 Å². The average molecular weight is 385 g/mol. The number of benzene rings is 2. The first-order valence-electron chi connectivity index (χ1n) is 8.04. The van der Waals surface area contributed by atoms with Gasteiger partial charge in [0, 0.05) is 11.6 Å². The highest BCUT2D eigenvalue weighted by molar-refractivity contribution is 6.31. The van der Waals surface area contributed by atoms with Crippen molar-refractivity contribution < 1.29 is 13.7 Å². The minimum atomic E-state index is -0.577. The van der Waals surface area contributed by atoms with Gasteiger partial charge >= 0.3 is 17.6 Å². The van der Waals surface area contributed by atoms with Crippen LogP contribution in [0.25, 0.3) is 11.1 Å². The number of hydrogen-bond donors (Lipinski definition) is 1. The zero-order valence-corrected chi connectivity index (χ0v) is 14.6. The van der Waals surface area contributed by atoms with Crippen molar-refractivity contribution in [1.29, 1.82) is 0 Å². The van der Waals surface area contributed by atoms with Crippen LogP contribution in [0.15, 0.2) is 62.3 Å². The largest absolute Gasteiger partial charge is 0.420 e. The van der Waals surface area contributed by atoms with Gasteiger partial charge in [0.15, 0.2) is 11.4 Å².